The highest BCUT2D eigenvalue weighted by molar-refractivity contribution is 5.95. The second kappa shape index (κ2) is 5.95. The Bertz CT molecular complexity index is 520. The summed E-state index contributed by atoms with van der Waals surface area (Å²) >= 11 is 0. The number of aryl methyl sites for hydroxylation is 1. The number of rotatable bonds is 2. The lowest BCUT2D eigenvalue weighted by atomic mass is 9.81. The number of carbonyl (C=O) groups excluding carboxylic acids is 1. The highest BCUT2D eigenvalue weighted by atomic mass is 19.4. The molecule has 3 nitrogen and oxygen atoms in total. The number of amides is 1. The van der Waals surface area contributed by atoms with Gasteiger partial charge in [-0.05, 0) is 50.3 Å². The number of carbonyl (C=O) groups is 1. The van der Waals surface area contributed by atoms with Gasteiger partial charge in [-0.25, -0.2) is 0 Å². The van der Waals surface area contributed by atoms with Crippen LogP contribution in [0.25, 0.3) is 0 Å². The van der Waals surface area contributed by atoms with Crippen molar-refractivity contribution in [2.45, 2.75) is 38.8 Å². The van der Waals surface area contributed by atoms with Gasteiger partial charge in [0.2, 0.25) is 5.91 Å². The molecule has 21 heavy (non-hydrogen) atoms. The number of nitrogens with two attached hydrogens (primary N) is 1. The third kappa shape index (κ3) is 3.89. The van der Waals surface area contributed by atoms with Crippen LogP contribution < -0.4 is 11.1 Å². The summed E-state index contributed by atoms with van der Waals surface area (Å²) in [6.07, 6.45) is -3.58. The van der Waals surface area contributed by atoms with Crippen molar-refractivity contribution < 1.29 is 18.0 Å². The van der Waals surface area contributed by atoms with E-state index in [1.54, 1.807) is 12.1 Å². The Balaban J connectivity index is 1.95. The molecule has 3 N–H and O–H groups in total. The molecule has 0 aromatic heterocycles. The highest BCUT2D eigenvalue weighted by Crippen LogP contribution is 2.39. The van der Waals surface area contributed by atoms with E-state index >= 15 is 0 Å². The summed E-state index contributed by atoms with van der Waals surface area (Å²) in [6, 6.07) is 5.29. The van der Waals surface area contributed by atoms with E-state index in [2.05, 4.69) is 5.32 Å². The lowest BCUT2D eigenvalue weighted by molar-refractivity contribution is -0.184. The van der Waals surface area contributed by atoms with Gasteiger partial charge >= 0.3 is 6.18 Å². The van der Waals surface area contributed by atoms with Crippen molar-refractivity contribution in [3.63, 3.8) is 0 Å². The molecular formula is C15H19F3N2O. The van der Waals surface area contributed by atoms with Crippen LogP contribution in [0.4, 0.5) is 24.5 Å². The fourth-order valence-corrected chi connectivity index (χ4v) is 2.70. The summed E-state index contributed by atoms with van der Waals surface area (Å²) < 4.78 is 37.8. The van der Waals surface area contributed by atoms with Crippen molar-refractivity contribution >= 4 is 17.3 Å². The van der Waals surface area contributed by atoms with Crippen LogP contribution in [0, 0.1) is 18.8 Å². The number of nitrogens with one attached hydrogen (secondary N) is 1. The van der Waals surface area contributed by atoms with E-state index < -0.39 is 12.1 Å². The van der Waals surface area contributed by atoms with Crippen molar-refractivity contribution in [1.82, 2.24) is 0 Å². The topological polar surface area (TPSA) is 55.1 Å². The van der Waals surface area contributed by atoms with E-state index in [9.17, 15) is 18.0 Å². The van der Waals surface area contributed by atoms with Crippen molar-refractivity contribution in [1.29, 1.82) is 0 Å². The maximum Gasteiger partial charge on any atom is 0.391 e. The van der Waals surface area contributed by atoms with Gasteiger partial charge in [-0.15, -0.1) is 0 Å². The summed E-state index contributed by atoms with van der Waals surface area (Å²) in [5.41, 5.74) is 7.72. The normalized spacial score (nSPS) is 22.9. The number of alkyl halides is 3. The molecule has 2 rings (SSSR count). The maximum absolute atomic E-state index is 12.6. The molecule has 6 heteroatoms. The van der Waals surface area contributed by atoms with Crippen LogP contribution >= 0.6 is 0 Å². The molecule has 0 bridgehead atoms. The molecule has 0 spiro atoms. The van der Waals surface area contributed by atoms with E-state index in [0.717, 1.165) is 5.56 Å². The first-order chi connectivity index (χ1) is 9.77. The molecule has 116 valence electrons. The zero-order chi connectivity index (χ0) is 15.6. The minimum absolute atomic E-state index is 0.0187. The molecule has 1 aliphatic rings. The van der Waals surface area contributed by atoms with Crippen molar-refractivity contribution in [2.75, 3.05) is 11.1 Å². The van der Waals surface area contributed by atoms with Crippen LogP contribution in [0.2, 0.25) is 0 Å². The zero-order valence-corrected chi connectivity index (χ0v) is 11.8. The summed E-state index contributed by atoms with van der Waals surface area (Å²) in [7, 11) is 0. The maximum atomic E-state index is 12.6. The van der Waals surface area contributed by atoms with Crippen molar-refractivity contribution in [3.8, 4) is 0 Å². The van der Waals surface area contributed by atoms with E-state index in [0.29, 0.717) is 11.4 Å². The average molecular weight is 300 g/mol. The molecule has 1 aliphatic carbocycles. The predicted molar refractivity (Wildman–Crippen MR) is 75.7 cm³/mol. The smallest absolute Gasteiger partial charge is 0.391 e. The molecular weight excluding hydrogens is 281 g/mol. The fraction of sp³-hybridized carbons (Fsp3) is 0.533. The number of nitrogen functional groups attached to an aromatic ring is 1. The molecule has 1 aromatic carbocycles. The third-order valence-electron chi connectivity index (χ3n) is 4.03. The second-order valence-electron chi connectivity index (χ2n) is 5.67. The van der Waals surface area contributed by atoms with Gasteiger partial charge in [0.25, 0.3) is 0 Å². The number of anilines is 2. The monoisotopic (exact) mass is 300 g/mol. The molecule has 0 unspecified atom stereocenters. The second-order valence-corrected chi connectivity index (χ2v) is 5.67. The summed E-state index contributed by atoms with van der Waals surface area (Å²) in [5, 5.41) is 2.73. The molecule has 1 saturated carbocycles. The lowest BCUT2D eigenvalue weighted by Crippen LogP contribution is -2.32. The van der Waals surface area contributed by atoms with Gasteiger partial charge in [0, 0.05) is 5.92 Å². The first-order valence-electron chi connectivity index (χ1n) is 7.01. The SMILES string of the molecule is Cc1ccc(N)c(NC(=O)C2CCC(C(F)(F)F)CC2)c1. The molecule has 1 aromatic rings. The molecule has 0 aliphatic heterocycles. The Kier molecular flexibility index (Phi) is 4.44. The number of hydrogen-bond acceptors (Lipinski definition) is 2. The van der Waals surface area contributed by atoms with Gasteiger partial charge in [0.1, 0.15) is 0 Å². The molecule has 0 saturated heterocycles. The Labute approximate surface area is 121 Å². The summed E-state index contributed by atoms with van der Waals surface area (Å²) in [6.45, 7) is 1.88. The Hall–Kier alpha value is -1.72. The Morgan fingerprint density at radius 2 is 1.86 bits per heavy atom. The molecule has 1 amide bonds. The van der Waals surface area contributed by atoms with E-state index in [1.165, 1.54) is 0 Å². The summed E-state index contributed by atoms with van der Waals surface area (Å²) in [5.74, 6) is -1.89. The first-order valence-corrected chi connectivity index (χ1v) is 7.01. The van der Waals surface area contributed by atoms with Gasteiger partial charge < -0.3 is 11.1 Å². The van der Waals surface area contributed by atoms with Gasteiger partial charge in [0.05, 0.1) is 17.3 Å². The van der Waals surface area contributed by atoms with Crippen molar-refractivity contribution in [3.05, 3.63) is 23.8 Å². The van der Waals surface area contributed by atoms with Crippen molar-refractivity contribution in [2.24, 2.45) is 11.8 Å². The van der Waals surface area contributed by atoms with Crippen LogP contribution in [0.15, 0.2) is 18.2 Å². The quantitative estimate of drug-likeness (QED) is 0.814. The molecule has 0 heterocycles. The minimum atomic E-state index is -4.15. The van der Waals surface area contributed by atoms with Gasteiger partial charge in [0.15, 0.2) is 0 Å². The third-order valence-corrected chi connectivity index (χ3v) is 4.03. The van der Waals surface area contributed by atoms with Gasteiger partial charge in [-0.1, -0.05) is 6.07 Å². The van der Waals surface area contributed by atoms with Gasteiger partial charge in [-0.2, -0.15) is 13.2 Å². The standard InChI is InChI=1S/C15H19F3N2O/c1-9-2-7-12(19)13(8-9)20-14(21)10-3-5-11(6-4-10)15(16,17)18/h2,7-8,10-11H,3-6,19H2,1H3,(H,20,21). The van der Waals surface area contributed by atoms with E-state index in [1.807, 2.05) is 13.0 Å². The van der Waals surface area contributed by atoms with E-state index in [4.69, 9.17) is 5.73 Å². The molecule has 1 fully saturated rings. The molecule has 0 radical (unpaired) electrons. The van der Waals surface area contributed by atoms with Crippen LogP contribution in [-0.4, -0.2) is 12.1 Å². The number of hydrogen-bond donors (Lipinski definition) is 2. The lowest BCUT2D eigenvalue weighted by Gasteiger charge is -2.29. The van der Waals surface area contributed by atoms with Crippen LogP contribution in [-0.2, 0) is 4.79 Å². The Morgan fingerprint density at radius 1 is 1.24 bits per heavy atom. The Morgan fingerprint density at radius 3 is 2.43 bits per heavy atom. The zero-order valence-electron chi connectivity index (χ0n) is 11.8. The predicted octanol–water partition coefficient (Wildman–Crippen LogP) is 3.88. The largest absolute Gasteiger partial charge is 0.397 e. The van der Waals surface area contributed by atoms with Crippen LogP contribution in [0.3, 0.4) is 0 Å². The van der Waals surface area contributed by atoms with Gasteiger partial charge in [-0.3, -0.25) is 4.79 Å². The average Bonchev–Trinajstić information content (AvgIpc) is 2.42. The number of halogens is 3. The minimum Gasteiger partial charge on any atom is -0.397 e. The fourth-order valence-electron chi connectivity index (χ4n) is 2.70. The van der Waals surface area contributed by atoms with E-state index in [-0.39, 0.29) is 37.5 Å². The molecule has 0 atom stereocenters. The summed E-state index contributed by atoms with van der Waals surface area (Å²) in [4.78, 5) is 12.1. The number of benzene rings is 1. The first kappa shape index (κ1) is 15.7. The van der Waals surface area contributed by atoms with Crippen LogP contribution in [0.1, 0.15) is 31.2 Å². The van der Waals surface area contributed by atoms with Crippen LogP contribution in [0.5, 0.6) is 0 Å². The highest BCUT2D eigenvalue weighted by Gasteiger charge is 2.42.